The van der Waals surface area contributed by atoms with Gasteiger partial charge in [-0.3, -0.25) is 9.69 Å². The fourth-order valence-electron chi connectivity index (χ4n) is 1.97. The van der Waals surface area contributed by atoms with Crippen LogP contribution < -0.4 is 5.32 Å². The van der Waals surface area contributed by atoms with Crippen molar-refractivity contribution in [2.75, 3.05) is 38.2 Å². The average molecular weight is 259 g/mol. The summed E-state index contributed by atoms with van der Waals surface area (Å²) in [5.74, 6) is -0.0263. The number of nitrogens with one attached hydrogen (secondary N) is 1. The third kappa shape index (κ3) is 4.36. The van der Waals surface area contributed by atoms with Crippen LogP contribution >= 0.6 is 0 Å². The number of carbonyl (C=O) groups is 1. The Kier molecular flexibility index (Phi) is 4.90. The van der Waals surface area contributed by atoms with Crippen molar-refractivity contribution < 1.29 is 9.53 Å². The average Bonchev–Trinajstić information content (AvgIpc) is 2.46. The van der Waals surface area contributed by atoms with Gasteiger partial charge in [0, 0.05) is 31.7 Å². The molecule has 1 aromatic rings. The molecule has 0 bridgehead atoms. The number of rotatable bonds is 4. The Morgan fingerprint density at radius 3 is 2.95 bits per heavy atom. The van der Waals surface area contributed by atoms with Crippen molar-refractivity contribution in [3.8, 4) is 6.07 Å². The Morgan fingerprint density at radius 2 is 2.21 bits per heavy atom. The summed E-state index contributed by atoms with van der Waals surface area (Å²) < 4.78 is 5.25. The van der Waals surface area contributed by atoms with Gasteiger partial charge in [0.1, 0.15) is 0 Å². The Bertz CT molecular complexity index is 476. The fraction of sp³-hybridized carbons (Fsp3) is 0.429. The molecule has 0 saturated carbocycles. The monoisotopic (exact) mass is 259 g/mol. The van der Waals surface area contributed by atoms with Gasteiger partial charge in [0.2, 0.25) is 5.91 Å². The van der Waals surface area contributed by atoms with E-state index in [0.717, 1.165) is 32.8 Å². The topological polar surface area (TPSA) is 65.4 Å². The van der Waals surface area contributed by atoms with Crippen molar-refractivity contribution in [3.63, 3.8) is 0 Å². The van der Waals surface area contributed by atoms with Crippen LogP contribution in [0.5, 0.6) is 0 Å². The van der Waals surface area contributed by atoms with E-state index < -0.39 is 0 Å². The molecule has 0 unspecified atom stereocenters. The summed E-state index contributed by atoms with van der Waals surface area (Å²) in [5, 5.41) is 11.6. The maximum Gasteiger partial charge on any atom is 0.225 e. The molecule has 1 aliphatic heterocycles. The SMILES string of the molecule is N#Cc1cccc(NC(=O)CCN2CCOCC2)c1. The second-order valence-corrected chi connectivity index (χ2v) is 4.44. The number of hydrogen-bond donors (Lipinski definition) is 1. The van der Waals surface area contributed by atoms with Gasteiger partial charge in [-0.15, -0.1) is 0 Å². The first-order valence-corrected chi connectivity index (χ1v) is 6.38. The van der Waals surface area contributed by atoms with Gasteiger partial charge < -0.3 is 10.1 Å². The largest absolute Gasteiger partial charge is 0.379 e. The molecule has 1 heterocycles. The molecular formula is C14H17N3O2. The minimum Gasteiger partial charge on any atom is -0.379 e. The van der Waals surface area contributed by atoms with E-state index in [-0.39, 0.29) is 5.91 Å². The van der Waals surface area contributed by atoms with Crippen molar-refractivity contribution >= 4 is 11.6 Å². The Hall–Kier alpha value is -1.90. The summed E-state index contributed by atoms with van der Waals surface area (Å²) >= 11 is 0. The molecule has 5 heteroatoms. The van der Waals surface area contributed by atoms with Gasteiger partial charge in [-0.05, 0) is 18.2 Å². The molecule has 0 aliphatic carbocycles. The van der Waals surface area contributed by atoms with Crippen LogP contribution in [0.3, 0.4) is 0 Å². The second-order valence-electron chi connectivity index (χ2n) is 4.44. The normalized spacial score (nSPS) is 15.7. The maximum absolute atomic E-state index is 11.8. The number of amides is 1. The zero-order valence-electron chi connectivity index (χ0n) is 10.8. The molecule has 0 aromatic heterocycles. The summed E-state index contributed by atoms with van der Waals surface area (Å²) in [6.07, 6.45) is 0.455. The van der Waals surface area contributed by atoms with Crippen molar-refractivity contribution in [1.82, 2.24) is 4.90 Å². The van der Waals surface area contributed by atoms with Gasteiger partial charge >= 0.3 is 0 Å². The van der Waals surface area contributed by atoms with Crippen molar-refractivity contribution in [1.29, 1.82) is 5.26 Å². The Labute approximate surface area is 112 Å². The van der Waals surface area contributed by atoms with E-state index in [1.165, 1.54) is 0 Å². The van der Waals surface area contributed by atoms with E-state index in [0.29, 0.717) is 17.7 Å². The van der Waals surface area contributed by atoms with E-state index in [2.05, 4.69) is 16.3 Å². The predicted octanol–water partition coefficient (Wildman–Crippen LogP) is 1.22. The third-order valence-corrected chi connectivity index (χ3v) is 3.03. The van der Waals surface area contributed by atoms with Crippen LogP contribution in [0.15, 0.2) is 24.3 Å². The number of benzene rings is 1. The molecule has 19 heavy (non-hydrogen) atoms. The Balaban J connectivity index is 1.78. The second kappa shape index (κ2) is 6.88. The van der Waals surface area contributed by atoms with Crippen molar-refractivity contribution in [2.24, 2.45) is 0 Å². The molecule has 100 valence electrons. The van der Waals surface area contributed by atoms with Gasteiger partial charge in [0.15, 0.2) is 0 Å². The van der Waals surface area contributed by atoms with Gasteiger partial charge in [0.05, 0.1) is 24.8 Å². The van der Waals surface area contributed by atoms with Crippen LogP contribution in [0.1, 0.15) is 12.0 Å². The van der Waals surface area contributed by atoms with Crippen LogP contribution in [0.4, 0.5) is 5.69 Å². The van der Waals surface area contributed by atoms with E-state index in [9.17, 15) is 4.79 Å². The molecule has 1 amide bonds. The Morgan fingerprint density at radius 1 is 1.42 bits per heavy atom. The summed E-state index contributed by atoms with van der Waals surface area (Å²) in [4.78, 5) is 14.0. The number of nitrogens with zero attached hydrogens (tertiary/aromatic N) is 2. The molecule has 0 radical (unpaired) electrons. The molecule has 1 saturated heterocycles. The highest BCUT2D eigenvalue weighted by Crippen LogP contribution is 2.10. The van der Waals surface area contributed by atoms with E-state index in [1.807, 2.05) is 0 Å². The van der Waals surface area contributed by atoms with Crippen molar-refractivity contribution in [2.45, 2.75) is 6.42 Å². The molecule has 1 aliphatic rings. The first-order chi connectivity index (χ1) is 9.28. The first-order valence-electron chi connectivity index (χ1n) is 6.38. The number of morpholine rings is 1. The highest BCUT2D eigenvalue weighted by Gasteiger charge is 2.12. The summed E-state index contributed by atoms with van der Waals surface area (Å²) in [6.45, 7) is 4.00. The lowest BCUT2D eigenvalue weighted by atomic mass is 10.2. The van der Waals surface area contributed by atoms with E-state index >= 15 is 0 Å². The summed E-state index contributed by atoms with van der Waals surface area (Å²) in [5.41, 5.74) is 1.22. The van der Waals surface area contributed by atoms with Crippen LogP contribution in [-0.4, -0.2) is 43.7 Å². The molecule has 1 fully saturated rings. The van der Waals surface area contributed by atoms with Crippen LogP contribution in [0.2, 0.25) is 0 Å². The maximum atomic E-state index is 11.8. The molecule has 2 rings (SSSR count). The molecule has 5 nitrogen and oxygen atoms in total. The van der Waals surface area contributed by atoms with Crippen LogP contribution in [0, 0.1) is 11.3 Å². The zero-order chi connectivity index (χ0) is 13.5. The minimum atomic E-state index is -0.0263. The van der Waals surface area contributed by atoms with Gasteiger partial charge in [-0.1, -0.05) is 6.07 Å². The number of nitriles is 1. The molecule has 1 N–H and O–H groups in total. The predicted molar refractivity (Wildman–Crippen MR) is 71.7 cm³/mol. The fourth-order valence-corrected chi connectivity index (χ4v) is 1.97. The smallest absolute Gasteiger partial charge is 0.225 e. The standard InChI is InChI=1S/C14H17N3O2/c15-11-12-2-1-3-13(10-12)16-14(18)4-5-17-6-8-19-9-7-17/h1-3,10H,4-9H2,(H,16,18). The molecule has 0 atom stereocenters. The lowest BCUT2D eigenvalue weighted by molar-refractivity contribution is -0.116. The third-order valence-electron chi connectivity index (χ3n) is 3.03. The van der Waals surface area contributed by atoms with Crippen molar-refractivity contribution in [3.05, 3.63) is 29.8 Å². The van der Waals surface area contributed by atoms with E-state index in [1.54, 1.807) is 24.3 Å². The van der Waals surface area contributed by atoms with Crippen LogP contribution in [0.25, 0.3) is 0 Å². The number of hydrogen-bond acceptors (Lipinski definition) is 4. The summed E-state index contributed by atoms with van der Waals surface area (Å²) in [7, 11) is 0. The highest BCUT2D eigenvalue weighted by atomic mass is 16.5. The number of ether oxygens (including phenoxy) is 1. The van der Waals surface area contributed by atoms with Gasteiger partial charge in [-0.25, -0.2) is 0 Å². The summed E-state index contributed by atoms with van der Waals surface area (Å²) in [6, 6.07) is 8.98. The van der Waals surface area contributed by atoms with E-state index in [4.69, 9.17) is 10.00 Å². The number of carbonyl (C=O) groups excluding carboxylic acids is 1. The minimum absolute atomic E-state index is 0.0263. The molecular weight excluding hydrogens is 242 g/mol. The lowest BCUT2D eigenvalue weighted by Crippen LogP contribution is -2.38. The van der Waals surface area contributed by atoms with Gasteiger partial charge in [-0.2, -0.15) is 5.26 Å². The zero-order valence-corrected chi connectivity index (χ0v) is 10.8. The van der Waals surface area contributed by atoms with Crippen LogP contribution in [-0.2, 0) is 9.53 Å². The number of anilines is 1. The van der Waals surface area contributed by atoms with Gasteiger partial charge in [0.25, 0.3) is 0 Å². The lowest BCUT2D eigenvalue weighted by Gasteiger charge is -2.26. The highest BCUT2D eigenvalue weighted by molar-refractivity contribution is 5.90. The molecule has 1 aromatic carbocycles. The molecule has 0 spiro atoms. The quantitative estimate of drug-likeness (QED) is 0.883. The first kappa shape index (κ1) is 13.5.